The molecule has 21 heavy (non-hydrogen) atoms. The minimum Gasteiger partial charge on any atom is -0.726 e. The molecule has 0 radical (unpaired) electrons. The molecule has 0 rings (SSSR count). The van der Waals surface area contributed by atoms with Gasteiger partial charge in [-0.25, -0.2) is 8.42 Å². The van der Waals surface area contributed by atoms with E-state index in [0.717, 1.165) is 38.0 Å². The molecule has 0 aromatic carbocycles. The minimum atomic E-state index is -4.57. The third kappa shape index (κ3) is 17.1. The standard InChI is InChI=1S/C15H32O4S.Na/c1-4-6-8-12-15(19-20(16,17)18)13-10-7-9-11-14(3)5-2;/h14-15H,4-13H2,1-3H3,(H,16,17,18);/q;+1/p-1. The predicted octanol–water partition coefficient (Wildman–Crippen LogP) is 1.41. The van der Waals surface area contributed by atoms with Crippen molar-refractivity contribution in [2.45, 2.75) is 91.1 Å². The summed E-state index contributed by atoms with van der Waals surface area (Å²) in [5, 5.41) is 0. The van der Waals surface area contributed by atoms with Crippen molar-refractivity contribution in [3.05, 3.63) is 0 Å². The summed E-state index contributed by atoms with van der Waals surface area (Å²) in [6.45, 7) is 6.54. The first-order chi connectivity index (χ1) is 9.39. The van der Waals surface area contributed by atoms with Crippen molar-refractivity contribution in [3.8, 4) is 0 Å². The van der Waals surface area contributed by atoms with Crippen LogP contribution in [0.5, 0.6) is 0 Å². The summed E-state index contributed by atoms with van der Waals surface area (Å²) in [6.07, 6.45) is 9.57. The molecule has 0 aliphatic heterocycles. The third-order valence-electron chi connectivity index (χ3n) is 3.80. The van der Waals surface area contributed by atoms with Crippen molar-refractivity contribution >= 4 is 10.4 Å². The molecule has 6 heteroatoms. The van der Waals surface area contributed by atoms with Crippen LogP contribution in [0.1, 0.15) is 85.0 Å². The van der Waals surface area contributed by atoms with Gasteiger partial charge in [-0.1, -0.05) is 72.1 Å². The first kappa shape index (κ1) is 24.1. The van der Waals surface area contributed by atoms with Crippen LogP contribution in [0, 0.1) is 5.92 Å². The summed E-state index contributed by atoms with van der Waals surface area (Å²) in [7, 11) is -4.57. The molecule has 0 N–H and O–H groups in total. The van der Waals surface area contributed by atoms with E-state index in [1.54, 1.807) is 0 Å². The maximum atomic E-state index is 10.7. The second kappa shape index (κ2) is 14.5. The molecule has 2 atom stereocenters. The van der Waals surface area contributed by atoms with E-state index >= 15 is 0 Å². The van der Waals surface area contributed by atoms with Crippen LogP contribution in [0.2, 0.25) is 0 Å². The van der Waals surface area contributed by atoms with Gasteiger partial charge >= 0.3 is 29.6 Å². The Kier molecular flexibility index (Phi) is 16.6. The molecule has 0 amide bonds. The molecule has 0 bridgehead atoms. The summed E-state index contributed by atoms with van der Waals surface area (Å²) < 4.78 is 36.8. The summed E-state index contributed by atoms with van der Waals surface area (Å²) in [4.78, 5) is 0. The first-order valence-corrected chi connectivity index (χ1v) is 9.36. The van der Waals surface area contributed by atoms with Crippen LogP contribution < -0.4 is 29.6 Å². The van der Waals surface area contributed by atoms with E-state index in [0.29, 0.717) is 12.8 Å². The van der Waals surface area contributed by atoms with Gasteiger partial charge in [0.15, 0.2) is 0 Å². The largest absolute Gasteiger partial charge is 1.00 e. The van der Waals surface area contributed by atoms with E-state index in [1.165, 1.54) is 19.3 Å². The molecule has 0 aromatic heterocycles. The Bertz CT molecular complexity index is 320. The van der Waals surface area contributed by atoms with Gasteiger partial charge in [-0.2, -0.15) is 0 Å². The normalized spacial score (nSPS) is 14.5. The Morgan fingerprint density at radius 1 is 0.952 bits per heavy atom. The number of hydrogen-bond donors (Lipinski definition) is 0. The molecular formula is C15H31NaO4S. The van der Waals surface area contributed by atoms with Crippen LogP contribution in [0.4, 0.5) is 0 Å². The van der Waals surface area contributed by atoms with E-state index in [-0.39, 0.29) is 29.6 Å². The molecular weight excluding hydrogens is 299 g/mol. The topological polar surface area (TPSA) is 66.4 Å². The molecule has 0 aromatic rings. The second-order valence-corrected chi connectivity index (χ2v) is 6.78. The van der Waals surface area contributed by atoms with Gasteiger partial charge < -0.3 is 4.55 Å². The molecule has 122 valence electrons. The van der Waals surface area contributed by atoms with Gasteiger partial charge in [0.1, 0.15) is 0 Å². The van der Waals surface area contributed by atoms with Crippen molar-refractivity contribution in [3.63, 3.8) is 0 Å². The second-order valence-electron chi connectivity index (χ2n) is 5.77. The smallest absolute Gasteiger partial charge is 0.726 e. The fourth-order valence-corrected chi connectivity index (χ4v) is 2.80. The maximum Gasteiger partial charge on any atom is 1.00 e. The van der Waals surface area contributed by atoms with Crippen LogP contribution in [0.3, 0.4) is 0 Å². The van der Waals surface area contributed by atoms with E-state index < -0.39 is 16.5 Å². The molecule has 2 unspecified atom stereocenters. The van der Waals surface area contributed by atoms with Gasteiger partial charge in [-0.3, -0.25) is 4.18 Å². The van der Waals surface area contributed by atoms with Gasteiger partial charge in [0.25, 0.3) is 0 Å². The molecule has 4 nitrogen and oxygen atoms in total. The third-order valence-corrected chi connectivity index (χ3v) is 4.31. The maximum absolute atomic E-state index is 10.7. The van der Waals surface area contributed by atoms with E-state index in [2.05, 4.69) is 25.0 Å². The Morgan fingerprint density at radius 2 is 1.48 bits per heavy atom. The summed E-state index contributed by atoms with van der Waals surface area (Å²) in [5.41, 5.74) is 0. The van der Waals surface area contributed by atoms with E-state index in [1.807, 2.05) is 0 Å². The Labute approximate surface area is 153 Å². The van der Waals surface area contributed by atoms with Gasteiger partial charge in [0.05, 0.1) is 6.10 Å². The van der Waals surface area contributed by atoms with Gasteiger partial charge in [0.2, 0.25) is 10.4 Å². The molecule has 0 aliphatic carbocycles. The van der Waals surface area contributed by atoms with Crippen LogP contribution in [0.15, 0.2) is 0 Å². The van der Waals surface area contributed by atoms with Crippen LogP contribution in [-0.4, -0.2) is 19.1 Å². The van der Waals surface area contributed by atoms with Gasteiger partial charge in [-0.15, -0.1) is 0 Å². The minimum absolute atomic E-state index is 0. The molecule has 0 heterocycles. The average Bonchev–Trinajstić information content (AvgIpc) is 2.36. The zero-order valence-electron chi connectivity index (χ0n) is 14.3. The fourth-order valence-electron chi connectivity index (χ4n) is 2.27. The molecule has 0 fully saturated rings. The Morgan fingerprint density at radius 3 is 1.95 bits per heavy atom. The molecule has 0 spiro atoms. The van der Waals surface area contributed by atoms with E-state index in [4.69, 9.17) is 0 Å². The Balaban J connectivity index is 0. The zero-order chi connectivity index (χ0) is 15.4. The van der Waals surface area contributed by atoms with Crippen LogP contribution >= 0.6 is 0 Å². The van der Waals surface area contributed by atoms with Crippen molar-refractivity contribution in [2.75, 3.05) is 0 Å². The van der Waals surface area contributed by atoms with Crippen molar-refractivity contribution in [1.82, 2.24) is 0 Å². The van der Waals surface area contributed by atoms with Crippen molar-refractivity contribution in [1.29, 1.82) is 0 Å². The zero-order valence-corrected chi connectivity index (χ0v) is 17.1. The predicted molar refractivity (Wildman–Crippen MR) is 81.3 cm³/mol. The number of unbranched alkanes of at least 4 members (excludes halogenated alkanes) is 4. The van der Waals surface area contributed by atoms with Crippen LogP contribution in [-0.2, 0) is 14.6 Å². The number of hydrogen-bond acceptors (Lipinski definition) is 4. The summed E-state index contributed by atoms with van der Waals surface area (Å²) >= 11 is 0. The number of rotatable bonds is 13. The van der Waals surface area contributed by atoms with Crippen molar-refractivity contribution in [2.24, 2.45) is 5.92 Å². The molecule has 0 saturated heterocycles. The summed E-state index contributed by atoms with van der Waals surface area (Å²) in [6, 6.07) is 0. The van der Waals surface area contributed by atoms with Crippen molar-refractivity contribution < 1.29 is 46.7 Å². The average molecular weight is 330 g/mol. The Hall–Kier alpha value is 0.870. The van der Waals surface area contributed by atoms with Gasteiger partial charge in [-0.05, 0) is 18.8 Å². The quantitative estimate of drug-likeness (QED) is 0.222. The first-order valence-electron chi connectivity index (χ1n) is 8.03. The monoisotopic (exact) mass is 330 g/mol. The molecule has 0 aliphatic rings. The van der Waals surface area contributed by atoms with Gasteiger partial charge in [0, 0.05) is 0 Å². The van der Waals surface area contributed by atoms with Crippen LogP contribution in [0.25, 0.3) is 0 Å². The fraction of sp³-hybridized carbons (Fsp3) is 1.00. The van der Waals surface area contributed by atoms with E-state index in [9.17, 15) is 13.0 Å². The molecule has 0 saturated carbocycles. The summed E-state index contributed by atoms with van der Waals surface area (Å²) in [5.74, 6) is 0.758. The SMILES string of the molecule is CCCCCC(CCCCCC(C)CC)OS(=O)(=O)[O-].[Na+].